The molecule has 0 aromatic heterocycles. The number of hydrogen-bond donors (Lipinski definition) is 6. The molecule has 0 spiro atoms. The number of carbonyl (C=O) groups is 1. The van der Waals surface area contributed by atoms with E-state index in [0.29, 0.717) is 6.42 Å². The van der Waals surface area contributed by atoms with Gasteiger partial charge in [-0.15, -0.1) is 0 Å². The lowest BCUT2D eigenvalue weighted by Crippen LogP contribution is -2.60. The summed E-state index contributed by atoms with van der Waals surface area (Å²) in [5.74, 6) is -0.194. The number of carbonyl (C=O) groups excluding carboxylic acids is 1. The average Bonchev–Trinajstić information content (AvgIpc) is 3.27. The van der Waals surface area contributed by atoms with Gasteiger partial charge in [0, 0.05) is 6.42 Å². The molecule has 6 N–H and O–H groups in total. The lowest BCUT2D eigenvalue weighted by Gasteiger charge is -2.40. The van der Waals surface area contributed by atoms with Crippen LogP contribution in [0, 0.1) is 0 Å². The van der Waals surface area contributed by atoms with Crippen LogP contribution in [0.3, 0.4) is 0 Å². The molecule has 1 fully saturated rings. The molecule has 1 amide bonds. The Hall–Kier alpha value is -2.63. The maximum atomic E-state index is 13.0. The van der Waals surface area contributed by atoms with Crippen molar-refractivity contribution in [3.63, 3.8) is 0 Å². The van der Waals surface area contributed by atoms with E-state index < -0.39 is 49.5 Å². The van der Waals surface area contributed by atoms with Crippen LogP contribution in [0.5, 0.6) is 0 Å². The van der Waals surface area contributed by atoms with Crippen LogP contribution in [0.4, 0.5) is 0 Å². The van der Waals surface area contributed by atoms with E-state index in [2.05, 4.69) is 92.1 Å². The number of aliphatic hydroxyl groups is 5. The zero-order valence-electron chi connectivity index (χ0n) is 39.1. The highest BCUT2D eigenvalue weighted by atomic mass is 16.7. The zero-order chi connectivity index (χ0) is 45.1. The molecule has 62 heavy (non-hydrogen) atoms. The van der Waals surface area contributed by atoms with Crippen molar-refractivity contribution in [3.05, 3.63) is 85.1 Å². The highest BCUT2D eigenvalue weighted by Gasteiger charge is 2.44. The van der Waals surface area contributed by atoms with E-state index in [-0.39, 0.29) is 12.5 Å². The summed E-state index contributed by atoms with van der Waals surface area (Å²) in [7, 11) is 0. The number of unbranched alkanes of at least 4 members (excludes halogenated alkanes) is 18. The largest absolute Gasteiger partial charge is 0.394 e. The minimum Gasteiger partial charge on any atom is -0.394 e. The fourth-order valence-corrected chi connectivity index (χ4v) is 7.26. The molecule has 9 nitrogen and oxygen atoms in total. The second-order valence-electron chi connectivity index (χ2n) is 16.9. The van der Waals surface area contributed by atoms with Gasteiger partial charge in [-0.25, -0.2) is 0 Å². The average molecular weight is 870 g/mol. The lowest BCUT2D eigenvalue weighted by atomic mass is 9.99. The van der Waals surface area contributed by atoms with Gasteiger partial charge in [0.1, 0.15) is 24.4 Å². The molecule has 9 heteroatoms. The summed E-state index contributed by atoms with van der Waals surface area (Å²) in [5, 5.41) is 54.1. The third-order valence-corrected chi connectivity index (χ3v) is 11.2. The minimum atomic E-state index is -1.57. The first-order valence-corrected chi connectivity index (χ1v) is 24.8. The van der Waals surface area contributed by atoms with Crippen LogP contribution in [0.15, 0.2) is 85.1 Å². The third kappa shape index (κ3) is 32.1. The summed E-state index contributed by atoms with van der Waals surface area (Å²) in [5.41, 5.74) is 0. The molecule has 0 saturated carbocycles. The molecule has 1 aliphatic heterocycles. The monoisotopic (exact) mass is 870 g/mol. The van der Waals surface area contributed by atoms with E-state index in [1.54, 1.807) is 6.08 Å². The van der Waals surface area contributed by atoms with Crippen LogP contribution in [-0.2, 0) is 14.3 Å². The molecular formula is C53H91NO8. The highest BCUT2D eigenvalue weighted by Crippen LogP contribution is 2.22. The van der Waals surface area contributed by atoms with Crippen LogP contribution in [-0.4, -0.2) is 87.5 Å². The number of amides is 1. The summed E-state index contributed by atoms with van der Waals surface area (Å²) in [4.78, 5) is 13.0. The second-order valence-corrected chi connectivity index (χ2v) is 16.9. The van der Waals surface area contributed by atoms with Gasteiger partial charge in [0.05, 0.1) is 25.4 Å². The van der Waals surface area contributed by atoms with Crippen molar-refractivity contribution in [1.29, 1.82) is 0 Å². The smallest absolute Gasteiger partial charge is 0.220 e. The van der Waals surface area contributed by atoms with Gasteiger partial charge in [0.15, 0.2) is 6.29 Å². The molecule has 0 aliphatic carbocycles. The fraction of sp³-hybridized carbons (Fsp3) is 0.717. The Morgan fingerprint density at radius 3 is 1.55 bits per heavy atom. The van der Waals surface area contributed by atoms with Gasteiger partial charge in [-0.1, -0.05) is 189 Å². The molecule has 7 atom stereocenters. The first-order chi connectivity index (χ1) is 30.3. The molecule has 1 saturated heterocycles. The van der Waals surface area contributed by atoms with Gasteiger partial charge in [-0.3, -0.25) is 4.79 Å². The molecule has 1 heterocycles. The van der Waals surface area contributed by atoms with Crippen LogP contribution >= 0.6 is 0 Å². The first kappa shape index (κ1) is 57.4. The zero-order valence-corrected chi connectivity index (χ0v) is 39.1. The number of allylic oxidation sites excluding steroid dienone is 13. The predicted molar refractivity (Wildman–Crippen MR) is 258 cm³/mol. The number of ether oxygens (including phenoxy) is 2. The molecule has 7 unspecified atom stereocenters. The normalized spacial score (nSPS) is 21.0. The van der Waals surface area contributed by atoms with Gasteiger partial charge in [-0.05, 0) is 77.0 Å². The van der Waals surface area contributed by atoms with Crippen molar-refractivity contribution >= 4 is 5.91 Å². The number of hydrogen-bond acceptors (Lipinski definition) is 8. The molecular weight excluding hydrogens is 779 g/mol. The van der Waals surface area contributed by atoms with Crippen LogP contribution in [0.1, 0.15) is 187 Å². The molecule has 356 valence electrons. The van der Waals surface area contributed by atoms with Crippen molar-refractivity contribution in [1.82, 2.24) is 5.32 Å². The van der Waals surface area contributed by atoms with Crippen LogP contribution < -0.4 is 5.32 Å². The predicted octanol–water partition coefficient (Wildman–Crippen LogP) is 11.1. The van der Waals surface area contributed by atoms with E-state index in [9.17, 15) is 30.3 Å². The summed E-state index contributed by atoms with van der Waals surface area (Å²) in [6, 6.07) is -0.824. The molecule has 1 rings (SSSR count). The summed E-state index contributed by atoms with van der Waals surface area (Å²) in [6.45, 7) is 3.59. The van der Waals surface area contributed by atoms with Gasteiger partial charge in [-0.2, -0.15) is 0 Å². The van der Waals surface area contributed by atoms with E-state index in [1.807, 2.05) is 6.08 Å². The van der Waals surface area contributed by atoms with Crippen LogP contribution in [0.25, 0.3) is 0 Å². The standard InChI is InChI=1S/C53H91NO8/c1-3-5-7-9-11-13-15-16-17-18-19-20-21-22-23-24-25-26-27-28-29-30-31-32-33-35-37-39-41-43-49(57)54-46(45-61-53-52(60)51(59)50(58)48(44-55)62-53)47(56)42-40-38-36-34-14-12-10-8-6-4-2/h5,7,11,13-14,16-17,19-20,22-23,34,40,42,46-48,50-53,55-56,58-60H,3-4,6,8-10,12,15,18,21,24-33,35-39,41,43-45H2,1-2H3,(H,54,57)/b7-5-,13-11-,17-16-,20-19-,23-22-,34-14+,42-40+. The summed E-state index contributed by atoms with van der Waals surface area (Å²) >= 11 is 0. The van der Waals surface area contributed by atoms with Crippen molar-refractivity contribution in [3.8, 4) is 0 Å². The minimum absolute atomic E-state index is 0.194. The van der Waals surface area contributed by atoms with Gasteiger partial charge >= 0.3 is 0 Å². The topological polar surface area (TPSA) is 149 Å². The highest BCUT2D eigenvalue weighted by molar-refractivity contribution is 5.76. The van der Waals surface area contributed by atoms with Crippen molar-refractivity contribution in [2.45, 2.75) is 230 Å². The Kier molecular flexibility index (Phi) is 39.2. The van der Waals surface area contributed by atoms with Gasteiger partial charge in [0.25, 0.3) is 0 Å². The Morgan fingerprint density at radius 2 is 1.02 bits per heavy atom. The van der Waals surface area contributed by atoms with Crippen molar-refractivity contribution in [2.75, 3.05) is 13.2 Å². The van der Waals surface area contributed by atoms with E-state index in [0.717, 1.165) is 70.6 Å². The van der Waals surface area contributed by atoms with Crippen molar-refractivity contribution < 1.29 is 39.8 Å². The van der Waals surface area contributed by atoms with E-state index in [1.165, 1.54) is 96.3 Å². The Labute approximate surface area is 378 Å². The Balaban J connectivity index is 2.19. The molecule has 0 aromatic carbocycles. The van der Waals surface area contributed by atoms with Crippen LogP contribution in [0.2, 0.25) is 0 Å². The summed E-state index contributed by atoms with van der Waals surface area (Å²) < 4.78 is 11.2. The molecule has 0 radical (unpaired) electrons. The van der Waals surface area contributed by atoms with E-state index >= 15 is 0 Å². The quantitative estimate of drug-likeness (QED) is 0.0263. The number of aliphatic hydroxyl groups excluding tert-OH is 5. The Bertz CT molecular complexity index is 1240. The molecule has 0 aromatic rings. The van der Waals surface area contributed by atoms with E-state index in [4.69, 9.17) is 9.47 Å². The third-order valence-electron chi connectivity index (χ3n) is 11.2. The molecule has 1 aliphatic rings. The first-order valence-electron chi connectivity index (χ1n) is 24.8. The lowest BCUT2D eigenvalue weighted by molar-refractivity contribution is -0.302. The van der Waals surface area contributed by atoms with Gasteiger partial charge < -0.3 is 40.3 Å². The maximum Gasteiger partial charge on any atom is 0.220 e. The summed E-state index contributed by atoms with van der Waals surface area (Å²) in [6.07, 6.45) is 52.2. The Morgan fingerprint density at radius 1 is 0.565 bits per heavy atom. The van der Waals surface area contributed by atoms with Crippen molar-refractivity contribution in [2.24, 2.45) is 0 Å². The number of rotatable bonds is 40. The number of nitrogens with one attached hydrogen (secondary N) is 1. The molecule has 0 bridgehead atoms. The second kappa shape index (κ2) is 42.3. The maximum absolute atomic E-state index is 13.0. The van der Waals surface area contributed by atoms with Gasteiger partial charge in [0.2, 0.25) is 5.91 Å². The fourth-order valence-electron chi connectivity index (χ4n) is 7.26. The SMILES string of the molecule is CC/C=C\C/C=C\C/C=C\C/C=C\C/C=C\CCCCCCCCCCCCCCCC(=O)NC(COC1OC(CO)C(O)C(O)C1O)C(O)/C=C/CC/C=C/CCCCCC.